The van der Waals surface area contributed by atoms with Crippen LogP contribution in [0.2, 0.25) is 0 Å². The summed E-state index contributed by atoms with van der Waals surface area (Å²) in [5.41, 5.74) is 4.07. The van der Waals surface area contributed by atoms with Gasteiger partial charge in [-0.2, -0.15) is 0 Å². The second kappa shape index (κ2) is 6.35. The maximum Gasteiger partial charge on any atom is 0.0113 e. The zero-order valence-electron chi connectivity index (χ0n) is 10.5. The fourth-order valence-electron chi connectivity index (χ4n) is 2.08. The van der Waals surface area contributed by atoms with E-state index in [2.05, 4.69) is 43.3 Å². The van der Waals surface area contributed by atoms with Crippen molar-refractivity contribution in [3.05, 3.63) is 34.9 Å². The number of aryl methyl sites for hydroxylation is 2. The molecule has 0 spiro atoms. The van der Waals surface area contributed by atoms with Gasteiger partial charge in [0.1, 0.15) is 0 Å². The van der Waals surface area contributed by atoms with Gasteiger partial charge in [0.05, 0.1) is 0 Å². The number of nitrogens with one attached hydrogen (secondary N) is 1. The maximum atomic E-state index is 5.30. The SMILES string of the molecule is C#CCCC(Cc1cc(C)cc(C)c1)NC. The number of likely N-dealkylation sites (N-methyl/N-ethyl adjacent to an activating group) is 1. The Kier molecular flexibility index (Phi) is 5.08. The van der Waals surface area contributed by atoms with Gasteiger partial charge >= 0.3 is 0 Å². The highest BCUT2D eigenvalue weighted by atomic mass is 14.9. The van der Waals surface area contributed by atoms with Crippen molar-refractivity contribution in [1.29, 1.82) is 0 Å². The maximum absolute atomic E-state index is 5.30. The summed E-state index contributed by atoms with van der Waals surface area (Å²) in [5.74, 6) is 2.70. The molecule has 16 heavy (non-hydrogen) atoms. The average Bonchev–Trinajstić information content (AvgIpc) is 2.22. The van der Waals surface area contributed by atoms with Crippen molar-refractivity contribution in [2.45, 2.75) is 39.2 Å². The van der Waals surface area contributed by atoms with E-state index in [1.54, 1.807) is 0 Å². The minimum absolute atomic E-state index is 0.484. The van der Waals surface area contributed by atoms with Gasteiger partial charge < -0.3 is 5.32 Å². The van der Waals surface area contributed by atoms with Gasteiger partial charge in [-0.1, -0.05) is 29.3 Å². The first-order valence-electron chi connectivity index (χ1n) is 5.83. The third kappa shape index (κ3) is 4.08. The predicted molar refractivity (Wildman–Crippen MR) is 70.5 cm³/mol. The van der Waals surface area contributed by atoms with Crippen molar-refractivity contribution in [2.75, 3.05) is 7.05 Å². The Morgan fingerprint density at radius 2 is 1.88 bits per heavy atom. The van der Waals surface area contributed by atoms with Gasteiger partial charge in [0.2, 0.25) is 0 Å². The first-order valence-corrected chi connectivity index (χ1v) is 5.83. The monoisotopic (exact) mass is 215 g/mol. The molecule has 0 aliphatic rings. The Morgan fingerprint density at radius 3 is 2.38 bits per heavy atom. The average molecular weight is 215 g/mol. The quantitative estimate of drug-likeness (QED) is 0.745. The summed E-state index contributed by atoms with van der Waals surface area (Å²) >= 11 is 0. The minimum Gasteiger partial charge on any atom is -0.317 e. The number of terminal acetylenes is 1. The summed E-state index contributed by atoms with van der Waals surface area (Å²) in [5, 5.41) is 3.33. The molecule has 1 nitrogen and oxygen atoms in total. The largest absolute Gasteiger partial charge is 0.317 e. The molecule has 0 saturated carbocycles. The first-order chi connectivity index (χ1) is 7.65. The van der Waals surface area contributed by atoms with E-state index in [0.29, 0.717) is 6.04 Å². The number of hydrogen-bond acceptors (Lipinski definition) is 1. The van der Waals surface area contributed by atoms with Gasteiger partial charge in [0, 0.05) is 12.5 Å². The van der Waals surface area contributed by atoms with Gasteiger partial charge in [0.25, 0.3) is 0 Å². The Labute approximate surface area is 99.3 Å². The molecule has 0 fully saturated rings. The van der Waals surface area contributed by atoms with E-state index in [1.807, 2.05) is 7.05 Å². The molecule has 1 aromatic rings. The molecule has 1 aromatic carbocycles. The Balaban J connectivity index is 2.66. The number of rotatable bonds is 5. The lowest BCUT2D eigenvalue weighted by molar-refractivity contribution is 0.527. The predicted octanol–water partition coefficient (Wildman–Crippen LogP) is 2.85. The molecule has 1 unspecified atom stereocenters. The Hall–Kier alpha value is -1.26. The summed E-state index contributed by atoms with van der Waals surface area (Å²) in [6.45, 7) is 4.29. The van der Waals surface area contributed by atoms with Gasteiger partial charge in [-0.25, -0.2) is 0 Å². The highest BCUT2D eigenvalue weighted by Gasteiger charge is 2.06. The summed E-state index contributed by atoms with van der Waals surface area (Å²) < 4.78 is 0. The second-order valence-corrected chi connectivity index (χ2v) is 4.43. The van der Waals surface area contributed by atoms with E-state index in [9.17, 15) is 0 Å². The topological polar surface area (TPSA) is 12.0 Å². The first kappa shape index (κ1) is 12.8. The van der Waals surface area contributed by atoms with Crippen molar-refractivity contribution in [3.8, 4) is 12.3 Å². The standard InChI is InChI=1S/C15H21N/c1-5-6-7-15(16-4)11-14-9-12(2)8-13(3)10-14/h1,8-10,15-16H,6-7,11H2,2-4H3. The highest BCUT2D eigenvalue weighted by molar-refractivity contribution is 5.29. The third-order valence-corrected chi connectivity index (χ3v) is 2.81. The lowest BCUT2D eigenvalue weighted by atomic mass is 9.99. The Bertz CT molecular complexity index is 353. The van der Waals surface area contributed by atoms with Crippen molar-refractivity contribution in [2.24, 2.45) is 0 Å². The molecule has 0 heterocycles. The fraction of sp³-hybridized carbons (Fsp3) is 0.467. The summed E-state index contributed by atoms with van der Waals surface area (Å²) in [7, 11) is 2.00. The molecule has 0 saturated heterocycles. The molecular formula is C15H21N. The van der Waals surface area contributed by atoms with Crippen molar-refractivity contribution < 1.29 is 0 Å². The van der Waals surface area contributed by atoms with Crippen LogP contribution in [0.3, 0.4) is 0 Å². The minimum atomic E-state index is 0.484. The van der Waals surface area contributed by atoms with Gasteiger partial charge in [0.15, 0.2) is 0 Å². The van der Waals surface area contributed by atoms with Crippen LogP contribution in [0.4, 0.5) is 0 Å². The summed E-state index contributed by atoms with van der Waals surface area (Å²) in [6.07, 6.45) is 8.24. The molecule has 1 rings (SSSR count). The summed E-state index contributed by atoms with van der Waals surface area (Å²) in [4.78, 5) is 0. The van der Waals surface area contributed by atoms with Crippen LogP contribution in [-0.2, 0) is 6.42 Å². The van der Waals surface area contributed by atoms with Crippen LogP contribution in [0.15, 0.2) is 18.2 Å². The van der Waals surface area contributed by atoms with Crippen molar-refractivity contribution >= 4 is 0 Å². The molecule has 0 aliphatic heterocycles. The fourth-order valence-corrected chi connectivity index (χ4v) is 2.08. The molecule has 0 bridgehead atoms. The molecular weight excluding hydrogens is 194 g/mol. The molecule has 1 atom stereocenters. The van der Waals surface area contributed by atoms with Crippen molar-refractivity contribution in [3.63, 3.8) is 0 Å². The zero-order chi connectivity index (χ0) is 12.0. The molecule has 1 N–H and O–H groups in total. The van der Waals surface area contributed by atoms with Gasteiger partial charge in [-0.15, -0.1) is 12.3 Å². The molecule has 0 amide bonds. The third-order valence-electron chi connectivity index (χ3n) is 2.81. The van der Waals surface area contributed by atoms with Crippen molar-refractivity contribution in [1.82, 2.24) is 5.32 Å². The van der Waals surface area contributed by atoms with E-state index in [0.717, 1.165) is 19.3 Å². The molecule has 1 heteroatoms. The van der Waals surface area contributed by atoms with E-state index in [-0.39, 0.29) is 0 Å². The number of hydrogen-bond donors (Lipinski definition) is 1. The van der Waals surface area contributed by atoms with Crippen LogP contribution in [-0.4, -0.2) is 13.1 Å². The van der Waals surface area contributed by atoms with E-state index in [4.69, 9.17) is 6.42 Å². The van der Waals surface area contributed by atoms with Gasteiger partial charge in [-0.05, 0) is 39.3 Å². The van der Waals surface area contributed by atoms with Crippen LogP contribution in [0.1, 0.15) is 29.5 Å². The van der Waals surface area contributed by atoms with E-state index >= 15 is 0 Å². The molecule has 0 radical (unpaired) electrons. The molecule has 86 valence electrons. The second-order valence-electron chi connectivity index (χ2n) is 4.43. The van der Waals surface area contributed by atoms with Crippen LogP contribution in [0, 0.1) is 26.2 Å². The molecule has 0 aromatic heterocycles. The number of benzene rings is 1. The lowest BCUT2D eigenvalue weighted by Crippen LogP contribution is -2.27. The van der Waals surface area contributed by atoms with Crippen LogP contribution < -0.4 is 5.32 Å². The normalized spacial score (nSPS) is 12.1. The van der Waals surface area contributed by atoms with Gasteiger partial charge in [-0.3, -0.25) is 0 Å². The lowest BCUT2D eigenvalue weighted by Gasteiger charge is -2.15. The summed E-state index contributed by atoms with van der Waals surface area (Å²) in [6, 6.07) is 7.21. The van der Waals surface area contributed by atoms with E-state index in [1.165, 1.54) is 16.7 Å². The smallest absolute Gasteiger partial charge is 0.0113 e. The molecule has 0 aliphatic carbocycles. The van der Waals surface area contributed by atoms with E-state index < -0.39 is 0 Å². The Morgan fingerprint density at radius 1 is 1.25 bits per heavy atom. The van der Waals surface area contributed by atoms with Crippen LogP contribution in [0.5, 0.6) is 0 Å². The highest BCUT2D eigenvalue weighted by Crippen LogP contribution is 2.12. The van der Waals surface area contributed by atoms with Crippen LogP contribution in [0.25, 0.3) is 0 Å². The zero-order valence-corrected chi connectivity index (χ0v) is 10.5. The van der Waals surface area contributed by atoms with Crippen LogP contribution >= 0.6 is 0 Å².